The quantitative estimate of drug-likeness (QED) is 0.760. The predicted molar refractivity (Wildman–Crippen MR) is 58.9 cm³/mol. The second-order valence-corrected chi connectivity index (χ2v) is 4.06. The Morgan fingerprint density at radius 2 is 2.00 bits per heavy atom. The molecular weight excluding hydrogens is 188 g/mol. The van der Waals surface area contributed by atoms with Crippen LogP contribution < -0.4 is 0 Å². The third kappa shape index (κ3) is 2.09. The zero-order chi connectivity index (χ0) is 10.8. The molecule has 0 saturated heterocycles. The van der Waals surface area contributed by atoms with Crippen LogP contribution in [0.15, 0.2) is 36.1 Å². The minimum absolute atomic E-state index is 0.0204. The van der Waals surface area contributed by atoms with Crippen LogP contribution in [0.3, 0.4) is 0 Å². The second kappa shape index (κ2) is 3.89. The van der Waals surface area contributed by atoms with Gasteiger partial charge in [-0.1, -0.05) is 24.3 Å². The summed E-state index contributed by atoms with van der Waals surface area (Å²) < 4.78 is 0. The highest BCUT2D eigenvalue weighted by Crippen LogP contribution is 2.31. The highest BCUT2D eigenvalue weighted by molar-refractivity contribution is 5.91. The molecule has 1 N–H and O–H groups in total. The van der Waals surface area contributed by atoms with E-state index in [1.54, 1.807) is 0 Å². The molecule has 2 heteroatoms. The van der Waals surface area contributed by atoms with Crippen LogP contribution in [0.25, 0.3) is 0 Å². The lowest BCUT2D eigenvalue weighted by molar-refractivity contribution is -0.115. The second-order valence-electron chi connectivity index (χ2n) is 4.06. The van der Waals surface area contributed by atoms with E-state index >= 15 is 0 Å². The van der Waals surface area contributed by atoms with Crippen LogP contribution >= 0.6 is 0 Å². The summed E-state index contributed by atoms with van der Waals surface area (Å²) in [6.07, 6.45) is 2.43. The molecule has 15 heavy (non-hydrogen) atoms. The number of hydrogen-bond acceptors (Lipinski definition) is 2. The van der Waals surface area contributed by atoms with Gasteiger partial charge in [-0.2, -0.15) is 0 Å². The molecule has 0 radical (unpaired) electrons. The van der Waals surface area contributed by atoms with Gasteiger partial charge in [0.15, 0.2) is 5.78 Å². The van der Waals surface area contributed by atoms with Crippen LogP contribution in [0.5, 0.6) is 0 Å². The van der Waals surface area contributed by atoms with Gasteiger partial charge in [-0.15, -0.1) is 0 Å². The molecular formula is C13H14O2. The van der Waals surface area contributed by atoms with Gasteiger partial charge >= 0.3 is 0 Å². The number of aliphatic hydroxyl groups is 1. The zero-order valence-corrected chi connectivity index (χ0v) is 8.73. The van der Waals surface area contributed by atoms with Crippen molar-refractivity contribution in [2.45, 2.75) is 25.7 Å². The van der Waals surface area contributed by atoms with Gasteiger partial charge in [-0.05, 0) is 24.0 Å². The standard InChI is InChI=1S/C13H14O2/c1-9-4-2-3-5-13(9)10-6-11(14)8-12(15)7-10/h2-5,8,10,14H,6-7H2,1H3. The highest BCUT2D eigenvalue weighted by atomic mass is 16.3. The van der Waals surface area contributed by atoms with E-state index in [-0.39, 0.29) is 17.5 Å². The van der Waals surface area contributed by atoms with Crippen molar-refractivity contribution >= 4 is 5.78 Å². The summed E-state index contributed by atoms with van der Waals surface area (Å²) in [6.45, 7) is 2.04. The van der Waals surface area contributed by atoms with Crippen molar-refractivity contribution in [3.63, 3.8) is 0 Å². The third-order valence-corrected chi connectivity index (χ3v) is 2.86. The molecule has 2 nitrogen and oxygen atoms in total. The van der Waals surface area contributed by atoms with Gasteiger partial charge in [0.2, 0.25) is 0 Å². The number of ketones is 1. The Morgan fingerprint density at radius 3 is 2.67 bits per heavy atom. The summed E-state index contributed by atoms with van der Waals surface area (Å²) in [5.41, 5.74) is 2.36. The predicted octanol–water partition coefficient (Wildman–Crippen LogP) is 2.88. The maximum Gasteiger partial charge on any atom is 0.159 e. The summed E-state index contributed by atoms with van der Waals surface area (Å²) >= 11 is 0. The fourth-order valence-electron chi connectivity index (χ4n) is 2.14. The zero-order valence-electron chi connectivity index (χ0n) is 8.73. The van der Waals surface area contributed by atoms with Crippen molar-refractivity contribution in [3.8, 4) is 0 Å². The van der Waals surface area contributed by atoms with Gasteiger partial charge in [-0.3, -0.25) is 4.79 Å². The van der Waals surface area contributed by atoms with Crippen molar-refractivity contribution in [1.82, 2.24) is 0 Å². The first-order valence-electron chi connectivity index (χ1n) is 5.14. The number of rotatable bonds is 1. The largest absolute Gasteiger partial charge is 0.512 e. The maximum atomic E-state index is 11.3. The van der Waals surface area contributed by atoms with Gasteiger partial charge in [-0.25, -0.2) is 0 Å². The Bertz CT molecular complexity index is 418. The molecule has 1 unspecified atom stereocenters. The summed E-state index contributed by atoms with van der Waals surface area (Å²) in [4.78, 5) is 11.3. The van der Waals surface area contributed by atoms with Crippen LogP contribution in [0.1, 0.15) is 29.9 Å². The molecule has 0 aromatic heterocycles. The SMILES string of the molecule is Cc1ccccc1C1CC(=O)C=C(O)C1. The lowest BCUT2D eigenvalue weighted by Gasteiger charge is -2.21. The third-order valence-electron chi connectivity index (χ3n) is 2.86. The van der Waals surface area contributed by atoms with Crippen molar-refractivity contribution in [2.75, 3.05) is 0 Å². The van der Waals surface area contributed by atoms with E-state index in [9.17, 15) is 9.90 Å². The molecule has 0 spiro atoms. The first-order chi connectivity index (χ1) is 7.16. The first kappa shape index (κ1) is 9.97. The van der Waals surface area contributed by atoms with Gasteiger partial charge in [0.05, 0.1) is 5.76 Å². The van der Waals surface area contributed by atoms with E-state index < -0.39 is 0 Å². The molecule has 0 amide bonds. The molecule has 0 heterocycles. The lowest BCUT2D eigenvalue weighted by atomic mass is 9.84. The molecule has 0 fully saturated rings. The number of allylic oxidation sites excluding steroid dienone is 2. The Hall–Kier alpha value is -1.57. The summed E-state index contributed by atoms with van der Waals surface area (Å²) in [7, 11) is 0. The number of carbonyl (C=O) groups excluding carboxylic acids is 1. The van der Waals surface area contributed by atoms with E-state index in [2.05, 4.69) is 0 Å². The molecule has 0 bridgehead atoms. The van der Waals surface area contributed by atoms with E-state index in [0.29, 0.717) is 12.8 Å². The van der Waals surface area contributed by atoms with Crippen molar-refractivity contribution < 1.29 is 9.90 Å². The van der Waals surface area contributed by atoms with Gasteiger partial charge in [0.1, 0.15) is 0 Å². The number of aryl methyl sites for hydroxylation is 1. The maximum absolute atomic E-state index is 11.3. The fourth-order valence-corrected chi connectivity index (χ4v) is 2.14. The Balaban J connectivity index is 2.30. The van der Waals surface area contributed by atoms with Crippen LogP contribution in [-0.2, 0) is 4.79 Å². The first-order valence-corrected chi connectivity index (χ1v) is 5.14. The average molecular weight is 202 g/mol. The Labute approximate surface area is 89.2 Å². The molecule has 1 aliphatic carbocycles. The smallest absolute Gasteiger partial charge is 0.159 e. The number of benzene rings is 1. The summed E-state index contributed by atoms with van der Waals surface area (Å²) in [5.74, 6) is 0.371. The van der Waals surface area contributed by atoms with Crippen molar-refractivity contribution in [3.05, 3.63) is 47.2 Å². The monoisotopic (exact) mass is 202 g/mol. The molecule has 0 aliphatic heterocycles. The van der Waals surface area contributed by atoms with Gasteiger partial charge in [0, 0.05) is 18.9 Å². The van der Waals surface area contributed by atoms with E-state index in [1.807, 2.05) is 31.2 Å². The Morgan fingerprint density at radius 1 is 1.27 bits per heavy atom. The minimum Gasteiger partial charge on any atom is -0.512 e. The number of aliphatic hydroxyl groups excluding tert-OH is 1. The van der Waals surface area contributed by atoms with Crippen molar-refractivity contribution in [2.24, 2.45) is 0 Å². The minimum atomic E-state index is 0.0204. The molecule has 1 atom stereocenters. The number of hydrogen-bond donors (Lipinski definition) is 1. The molecule has 2 rings (SSSR count). The normalized spacial score (nSPS) is 21.3. The van der Waals surface area contributed by atoms with Crippen LogP contribution in [0.2, 0.25) is 0 Å². The average Bonchev–Trinajstić information content (AvgIpc) is 2.16. The topological polar surface area (TPSA) is 37.3 Å². The lowest BCUT2D eigenvalue weighted by Crippen LogP contribution is -2.13. The van der Waals surface area contributed by atoms with Crippen molar-refractivity contribution in [1.29, 1.82) is 0 Å². The fraction of sp³-hybridized carbons (Fsp3) is 0.308. The molecule has 1 aliphatic rings. The van der Waals surface area contributed by atoms with E-state index in [4.69, 9.17) is 0 Å². The van der Waals surface area contributed by atoms with Gasteiger partial charge in [0.25, 0.3) is 0 Å². The van der Waals surface area contributed by atoms with E-state index in [1.165, 1.54) is 17.2 Å². The molecule has 0 saturated carbocycles. The highest BCUT2D eigenvalue weighted by Gasteiger charge is 2.22. The van der Waals surface area contributed by atoms with E-state index in [0.717, 1.165) is 0 Å². The van der Waals surface area contributed by atoms with Crippen LogP contribution in [0, 0.1) is 6.92 Å². The van der Waals surface area contributed by atoms with Crippen LogP contribution in [0.4, 0.5) is 0 Å². The van der Waals surface area contributed by atoms with Crippen LogP contribution in [-0.4, -0.2) is 10.9 Å². The number of carbonyl (C=O) groups is 1. The Kier molecular flexibility index (Phi) is 2.58. The molecule has 1 aromatic carbocycles. The molecule has 1 aromatic rings. The molecule has 78 valence electrons. The van der Waals surface area contributed by atoms with Gasteiger partial charge < -0.3 is 5.11 Å². The summed E-state index contributed by atoms with van der Waals surface area (Å²) in [5, 5.41) is 9.44. The summed E-state index contributed by atoms with van der Waals surface area (Å²) in [6, 6.07) is 8.03.